The zero-order valence-corrected chi connectivity index (χ0v) is 10.4. The molecule has 12 heavy (non-hydrogen) atoms. The van der Waals surface area contributed by atoms with Crippen molar-refractivity contribution >= 4 is 57.4 Å². The Morgan fingerprint density at radius 3 is 2.25 bits per heavy atom. The fourth-order valence-corrected chi connectivity index (χ4v) is 0.884. The predicted molar refractivity (Wildman–Crippen MR) is 48.2 cm³/mol. The van der Waals surface area contributed by atoms with E-state index in [0.717, 1.165) is 5.56 Å². The van der Waals surface area contributed by atoms with Gasteiger partial charge in [0.25, 0.3) is 0 Å². The summed E-state index contributed by atoms with van der Waals surface area (Å²) in [6.45, 7) is 1.68. The average molecular weight is 189 g/mol. The summed E-state index contributed by atoms with van der Waals surface area (Å²) in [5.74, 6) is -1.19. The van der Waals surface area contributed by atoms with Crippen molar-refractivity contribution in [2.24, 2.45) is 0 Å². The normalized spacial score (nSPS) is 11.4. The van der Waals surface area contributed by atoms with Gasteiger partial charge >= 0.3 is 5.97 Å². The van der Waals surface area contributed by atoms with E-state index in [0.29, 0.717) is 0 Å². The van der Waals surface area contributed by atoms with E-state index in [1.54, 1.807) is 6.92 Å². The molecule has 0 aliphatic rings. The Balaban J connectivity index is 0.00000121. The third-order valence-electron chi connectivity index (χ3n) is 1.67. The van der Waals surface area contributed by atoms with Crippen LogP contribution >= 0.6 is 0 Å². The number of hydrogen-bond acceptors (Lipinski definition) is 1. The van der Waals surface area contributed by atoms with Gasteiger partial charge < -0.3 is 5.11 Å². The van der Waals surface area contributed by atoms with E-state index in [1.807, 2.05) is 30.3 Å². The van der Waals surface area contributed by atoms with Crippen molar-refractivity contribution < 1.29 is 9.90 Å². The third kappa shape index (κ3) is 3.37. The summed E-state index contributed by atoms with van der Waals surface area (Å²) in [6.07, 6.45) is 0. The van der Waals surface area contributed by atoms with Gasteiger partial charge in [0, 0.05) is 51.4 Å². The first-order valence-electron chi connectivity index (χ1n) is 3.49. The molecule has 2 nitrogen and oxygen atoms in total. The van der Waals surface area contributed by atoms with E-state index in [1.165, 1.54) is 0 Å². The number of aliphatic carboxylic acids is 1. The van der Waals surface area contributed by atoms with Gasteiger partial charge in [-0.1, -0.05) is 30.3 Å². The standard InChI is InChI=1S/C9H10O2.K/c1-7(9(10)11)8-5-3-2-4-6-8;/h2-7H,1H3,(H,10,11);. The van der Waals surface area contributed by atoms with Crippen molar-refractivity contribution in [1.82, 2.24) is 0 Å². The Kier molecular flexibility index (Phi) is 6.04. The first-order valence-corrected chi connectivity index (χ1v) is 3.49. The smallest absolute Gasteiger partial charge is 0.310 e. The van der Waals surface area contributed by atoms with Crippen molar-refractivity contribution in [3.63, 3.8) is 0 Å². The van der Waals surface area contributed by atoms with Crippen LogP contribution in [0.2, 0.25) is 0 Å². The van der Waals surface area contributed by atoms with Gasteiger partial charge in [0.1, 0.15) is 0 Å². The minimum absolute atomic E-state index is 0. The molecule has 1 rings (SSSR count). The summed E-state index contributed by atoms with van der Waals surface area (Å²) in [6, 6.07) is 9.19. The molecular weight excluding hydrogens is 179 g/mol. The number of carboxylic acid groups (broad SMARTS) is 1. The molecule has 0 fully saturated rings. The maximum Gasteiger partial charge on any atom is 0.310 e. The molecular formula is C9H10KO2. The van der Waals surface area contributed by atoms with Gasteiger partial charge in [-0.2, -0.15) is 0 Å². The molecule has 0 aliphatic carbocycles. The largest absolute Gasteiger partial charge is 0.481 e. The third-order valence-corrected chi connectivity index (χ3v) is 1.67. The Bertz CT molecular complexity index is 246. The molecule has 1 N–H and O–H groups in total. The molecule has 1 unspecified atom stereocenters. The summed E-state index contributed by atoms with van der Waals surface area (Å²) in [5, 5.41) is 8.64. The molecule has 1 aromatic rings. The molecule has 1 aromatic carbocycles. The van der Waals surface area contributed by atoms with Crippen molar-refractivity contribution in [2.45, 2.75) is 12.8 Å². The Morgan fingerprint density at radius 1 is 1.33 bits per heavy atom. The fraction of sp³-hybridized carbons (Fsp3) is 0.222. The zero-order chi connectivity index (χ0) is 8.27. The number of carboxylic acids is 1. The summed E-state index contributed by atoms with van der Waals surface area (Å²) < 4.78 is 0. The van der Waals surface area contributed by atoms with Crippen LogP contribution in [0, 0.1) is 0 Å². The maximum atomic E-state index is 10.5. The SMILES string of the molecule is CC(C(=O)O)c1ccccc1.[K]. The van der Waals surface area contributed by atoms with E-state index in [9.17, 15) is 4.79 Å². The first-order chi connectivity index (χ1) is 5.22. The maximum absolute atomic E-state index is 10.5. The van der Waals surface area contributed by atoms with Crippen LogP contribution in [0.5, 0.6) is 0 Å². The Hall–Kier alpha value is 0.326. The van der Waals surface area contributed by atoms with E-state index in [4.69, 9.17) is 5.11 Å². The molecule has 0 aliphatic heterocycles. The Morgan fingerprint density at radius 2 is 1.83 bits per heavy atom. The minimum atomic E-state index is -0.781. The number of rotatable bonds is 2. The van der Waals surface area contributed by atoms with Crippen molar-refractivity contribution in [1.29, 1.82) is 0 Å². The van der Waals surface area contributed by atoms with E-state index < -0.39 is 11.9 Å². The fourth-order valence-electron chi connectivity index (χ4n) is 0.884. The van der Waals surface area contributed by atoms with Gasteiger partial charge in [-0.05, 0) is 12.5 Å². The first kappa shape index (κ1) is 12.3. The van der Waals surface area contributed by atoms with Gasteiger partial charge in [-0.3, -0.25) is 4.79 Å². The van der Waals surface area contributed by atoms with Crippen LogP contribution < -0.4 is 0 Å². The molecule has 0 heterocycles. The number of carbonyl (C=O) groups is 1. The van der Waals surface area contributed by atoms with Crippen LogP contribution in [-0.2, 0) is 4.79 Å². The van der Waals surface area contributed by atoms with Gasteiger partial charge in [0.2, 0.25) is 0 Å². The molecule has 0 amide bonds. The minimum Gasteiger partial charge on any atom is -0.481 e. The molecule has 1 atom stereocenters. The van der Waals surface area contributed by atoms with Crippen LogP contribution in [0.25, 0.3) is 0 Å². The van der Waals surface area contributed by atoms with Crippen LogP contribution in [0.3, 0.4) is 0 Å². The van der Waals surface area contributed by atoms with Gasteiger partial charge in [-0.25, -0.2) is 0 Å². The second-order valence-corrected chi connectivity index (χ2v) is 2.47. The second-order valence-electron chi connectivity index (χ2n) is 2.47. The number of hydrogen-bond donors (Lipinski definition) is 1. The predicted octanol–water partition coefficient (Wildman–Crippen LogP) is 1.49. The van der Waals surface area contributed by atoms with Crippen molar-refractivity contribution in [3.05, 3.63) is 35.9 Å². The molecule has 1 radical (unpaired) electrons. The summed E-state index contributed by atoms with van der Waals surface area (Å²) in [7, 11) is 0. The van der Waals surface area contributed by atoms with Crippen LogP contribution in [0.15, 0.2) is 30.3 Å². The zero-order valence-electron chi connectivity index (χ0n) is 7.32. The molecule has 0 spiro atoms. The Labute approximate surface area is 114 Å². The summed E-state index contributed by atoms with van der Waals surface area (Å²) in [5.41, 5.74) is 0.847. The average Bonchev–Trinajstić information content (AvgIpc) is 2.05. The quantitative estimate of drug-likeness (QED) is 0.716. The summed E-state index contributed by atoms with van der Waals surface area (Å²) in [4.78, 5) is 10.5. The topological polar surface area (TPSA) is 37.3 Å². The van der Waals surface area contributed by atoms with Crippen LogP contribution in [0.1, 0.15) is 18.4 Å². The van der Waals surface area contributed by atoms with Crippen molar-refractivity contribution in [2.75, 3.05) is 0 Å². The number of benzene rings is 1. The van der Waals surface area contributed by atoms with Crippen molar-refractivity contribution in [3.8, 4) is 0 Å². The van der Waals surface area contributed by atoms with E-state index >= 15 is 0 Å². The molecule has 0 aromatic heterocycles. The molecule has 0 saturated heterocycles. The van der Waals surface area contributed by atoms with E-state index in [2.05, 4.69) is 0 Å². The monoisotopic (exact) mass is 189 g/mol. The van der Waals surface area contributed by atoms with Crippen LogP contribution in [0.4, 0.5) is 0 Å². The van der Waals surface area contributed by atoms with Gasteiger partial charge in [-0.15, -0.1) is 0 Å². The van der Waals surface area contributed by atoms with Gasteiger partial charge in [0.05, 0.1) is 5.92 Å². The summed E-state index contributed by atoms with van der Waals surface area (Å²) >= 11 is 0. The van der Waals surface area contributed by atoms with Gasteiger partial charge in [0.15, 0.2) is 0 Å². The second kappa shape index (κ2) is 5.88. The molecule has 3 heteroatoms. The van der Waals surface area contributed by atoms with E-state index in [-0.39, 0.29) is 51.4 Å². The molecule has 0 saturated carbocycles. The van der Waals surface area contributed by atoms with Crippen LogP contribution in [-0.4, -0.2) is 62.5 Å². The molecule has 0 bridgehead atoms. The molecule has 59 valence electrons.